The van der Waals surface area contributed by atoms with Gasteiger partial charge in [0.1, 0.15) is 18.9 Å². The van der Waals surface area contributed by atoms with Crippen LogP contribution >= 0.6 is 0 Å². The molecule has 1 aliphatic heterocycles. The SMILES string of the molecule is Cc1c(-c2cccc3c2OCCO3)noc1N. The van der Waals surface area contributed by atoms with Crippen LogP contribution in [0.2, 0.25) is 0 Å². The monoisotopic (exact) mass is 232 g/mol. The second-order valence-electron chi connectivity index (χ2n) is 3.85. The highest BCUT2D eigenvalue weighted by molar-refractivity contribution is 5.75. The predicted octanol–water partition coefficient (Wildman–Crippen LogP) is 2.00. The van der Waals surface area contributed by atoms with Gasteiger partial charge >= 0.3 is 0 Å². The van der Waals surface area contributed by atoms with Gasteiger partial charge in [0.05, 0.1) is 5.56 Å². The first-order chi connectivity index (χ1) is 8.27. The summed E-state index contributed by atoms with van der Waals surface area (Å²) in [5, 5.41) is 3.96. The van der Waals surface area contributed by atoms with E-state index < -0.39 is 0 Å². The molecule has 2 N–H and O–H groups in total. The molecule has 2 heterocycles. The van der Waals surface area contributed by atoms with E-state index >= 15 is 0 Å². The Kier molecular flexibility index (Phi) is 2.18. The Labute approximate surface area is 98.1 Å². The molecule has 0 spiro atoms. The molecule has 1 aromatic heterocycles. The van der Waals surface area contributed by atoms with E-state index in [9.17, 15) is 0 Å². The van der Waals surface area contributed by atoms with Crippen LogP contribution in [0.1, 0.15) is 5.56 Å². The van der Waals surface area contributed by atoms with Crippen molar-refractivity contribution < 1.29 is 14.0 Å². The molecule has 5 heteroatoms. The predicted molar refractivity (Wildman–Crippen MR) is 62.1 cm³/mol. The van der Waals surface area contributed by atoms with Crippen LogP contribution in [0.3, 0.4) is 0 Å². The first kappa shape index (κ1) is 10.0. The number of aromatic nitrogens is 1. The summed E-state index contributed by atoms with van der Waals surface area (Å²) < 4.78 is 16.1. The molecule has 0 bridgehead atoms. The lowest BCUT2D eigenvalue weighted by Gasteiger charge is -2.20. The number of hydrogen-bond acceptors (Lipinski definition) is 5. The molecular formula is C12H12N2O3. The molecule has 3 rings (SSSR count). The van der Waals surface area contributed by atoms with Gasteiger partial charge in [0, 0.05) is 5.56 Å². The van der Waals surface area contributed by atoms with E-state index in [0.717, 1.165) is 16.9 Å². The first-order valence-corrected chi connectivity index (χ1v) is 5.38. The maximum atomic E-state index is 5.65. The molecule has 0 saturated heterocycles. The van der Waals surface area contributed by atoms with Crippen LogP contribution in [0.15, 0.2) is 22.7 Å². The van der Waals surface area contributed by atoms with Crippen molar-refractivity contribution in [3.05, 3.63) is 23.8 Å². The number of fused-ring (bicyclic) bond motifs is 1. The van der Waals surface area contributed by atoms with Crippen molar-refractivity contribution in [3.63, 3.8) is 0 Å². The number of nitrogens with two attached hydrogens (primary N) is 1. The molecule has 0 radical (unpaired) electrons. The summed E-state index contributed by atoms with van der Waals surface area (Å²) in [4.78, 5) is 0. The van der Waals surface area contributed by atoms with Crippen LogP contribution < -0.4 is 15.2 Å². The van der Waals surface area contributed by atoms with E-state index in [1.54, 1.807) is 0 Å². The zero-order chi connectivity index (χ0) is 11.8. The molecular weight excluding hydrogens is 220 g/mol. The number of para-hydroxylation sites is 1. The Morgan fingerprint density at radius 3 is 2.82 bits per heavy atom. The highest BCUT2D eigenvalue weighted by Gasteiger charge is 2.21. The van der Waals surface area contributed by atoms with Gasteiger partial charge in [0.25, 0.3) is 0 Å². The van der Waals surface area contributed by atoms with E-state index in [4.69, 9.17) is 19.7 Å². The molecule has 0 saturated carbocycles. The summed E-state index contributed by atoms with van der Waals surface area (Å²) in [6.45, 7) is 2.97. The number of anilines is 1. The highest BCUT2D eigenvalue weighted by atomic mass is 16.6. The zero-order valence-corrected chi connectivity index (χ0v) is 9.40. The summed E-state index contributed by atoms with van der Waals surface area (Å²) in [5.41, 5.74) is 8.01. The van der Waals surface area contributed by atoms with Gasteiger partial charge in [-0.15, -0.1) is 0 Å². The number of ether oxygens (including phenoxy) is 2. The molecule has 1 aliphatic rings. The summed E-state index contributed by atoms with van der Waals surface area (Å²) in [5.74, 6) is 1.76. The van der Waals surface area contributed by atoms with Crippen LogP contribution in [-0.2, 0) is 0 Å². The molecule has 0 atom stereocenters. The Balaban J connectivity index is 2.18. The Hall–Kier alpha value is -2.17. The van der Waals surface area contributed by atoms with Gasteiger partial charge in [-0.05, 0) is 19.1 Å². The van der Waals surface area contributed by atoms with E-state index in [1.807, 2.05) is 25.1 Å². The fourth-order valence-corrected chi connectivity index (χ4v) is 1.86. The second-order valence-corrected chi connectivity index (χ2v) is 3.85. The summed E-state index contributed by atoms with van der Waals surface area (Å²) in [6, 6.07) is 5.68. The van der Waals surface area contributed by atoms with Crippen molar-refractivity contribution in [2.24, 2.45) is 0 Å². The van der Waals surface area contributed by atoms with Gasteiger partial charge in [0.2, 0.25) is 5.88 Å². The highest BCUT2D eigenvalue weighted by Crippen LogP contribution is 2.41. The average molecular weight is 232 g/mol. The lowest BCUT2D eigenvalue weighted by molar-refractivity contribution is 0.172. The van der Waals surface area contributed by atoms with Gasteiger partial charge in [-0.1, -0.05) is 11.2 Å². The van der Waals surface area contributed by atoms with Crippen molar-refractivity contribution in [1.29, 1.82) is 0 Å². The molecule has 0 fully saturated rings. The average Bonchev–Trinajstić information content (AvgIpc) is 2.69. The maximum absolute atomic E-state index is 5.65. The van der Waals surface area contributed by atoms with E-state index in [2.05, 4.69) is 5.16 Å². The smallest absolute Gasteiger partial charge is 0.225 e. The topological polar surface area (TPSA) is 70.5 Å². The number of hydrogen-bond donors (Lipinski definition) is 1. The number of rotatable bonds is 1. The molecule has 17 heavy (non-hydrogen) atoms. The lowest BCUT2D eigenvalue weighted by Crippen LogP contribution is -2.15. The van der Waals surface area contributed by atoms with Crippen LogP contribution in [0, 0.1) is 6.92 Å². The molecule has 0 amide bonds. The van der Waals surface area contributed by atoms with Crippen molar-refractivity contribution in [3.8, 4) is 22.8 Å². The minimum atomic E-state index is 0.328. The fourth-order valence-electron chi connectivity index (χ4n) is 1.86. The van der Waals surface area contributed by atoms with Crippen molar-refractivity contribution in [1.82, 2.24) is 5.16 Å². The molecule has 5 nitrogen and oxygen atoms in total. The lowest BCUT2D eigenvalue weighted by atomic mass is 10.1. The summed E-state index contributed by atoms with van der Waals surface area (Å²) in [7, 11) is 0. The maximum Gasteiger partial charge on any atom is 0.225 e. The van der Waals surface area contributed by atoms with Crippen LogP contribution in [0.5, 0.6) is 11.5 Å². The third-order valence-electron chi connectivity index (χ3n) is 2.78. The third kappa shape index (κ3) is 1.51. The van der Waals surface area contributed by atoms with E-state index in [-0.39, 0.29) is 0 Å². The number of benzene rings is 1. The molecule has 2 aromatic rings. The number of nitrogens with zero attached hydrogens (tertiary/aromatic N) is 1. The minimum Gasteiger partial charge on any atom is -0.486 e. The van der Waals surface area contributed by atoms with Crippen LogP contribution in [-0.4, -0.2) is 18.4 Å². The third-order valence-corrected chi connectivity index (χ3v) is 2.78. The molecule has 1 aromatic carbocycles. The molecule has 0 aliphatic carbocycles. The van der Waals surface area contributed by atoms with E-state index in [1.165, 1.54) is 0 Å². The van der Waals surface area contributed by atoms with Gasteiger partial charge < -0.3 is 19.7 Å². The van der Waals surface area contributed by atoms with Crippen LogP contribution in [0.25, 0.3) is 11.3 Å². The number of nitrogen functional groups attached to an aromatic ring is 1. The molecule has 0 unspecified atom stereocenters. The van der Waals surface area contributed by atoms with Crippen LogP contribution in [0.4, 0.5) is 5.88 Å². The van der Waals surface area contributed by atoms with Gasteiger partial charge in [-0.3, -0.25) is 0 Å². The van der Waals surface area contributed by atoms with Gasteiger partial charge in [-0.2, -0.15) is 0 Å². The Morgan fingerprint density at radius 2 is 2.06 bits per heavy atom. The second kappa shape index (κ2) is 3.69. The normalized spacial score (nSPS) is 13.7. The largest absolute Gasteiger partial charge is 0.486 e. The quantitative estimate of drug-likeness (QED) is 0.814. The van der Waals surface area contributed by atoms with Gasteiger partial charge in [-0.25, -0.2) is 0 Å². The fraction of sp³-hybridized carbons (Fsp3) is 0.250. The zero-order valence-electron chi connectivity index (χ0n) is 9.40. The Morgan fingerprint density at radius 1 is 1.24 bits per heavy atom. The molecule has 88 valence electrons. The van der Waals surface area contributed by atoms with Gasteiger partial charge in [0.15, 0.2) is 11.5 Å². The minimum absolute atomic E-state index is 0.328. The van der Waals surface area contributed by atoms with Crippen molar-refractivity contribution >= 4 is 5.88 Å². The Bertz CT molecular complexity index is 563. The van der Waals surface area contributed by atoms with Crippen molar-refractivity contribution in [2.75, 3.05) is 18.9 Å². The van der Waals surface area contributed by atoms with Crippen molar-refractivity contribution in [2.45, 2.75) is 6.92 Å². The standard InChI is InChI=1S/C12H12N2O3/c1-7-10(14-17-12(7)13)8-3-2-4-9-11(8)16-6-5-15-9/h2-4H,5-6,13H2,1H3. The first-order valence-electron chi connectivity index (χ1n) is 5.38. The van der Waals surface area contributed by atoms with E-state index in [0.29, 0.717) is 30.5 Å². The summed E-state index contributed by atoms with van der Waals surface area (Å²) >= 11 is 0. The summed E-state index contributed by atoms with van der Waals surface area (Å²) in [6.07, 6.45) is 0.